The van der Waals surface area contributed by atoms with Gasteiger partial charge < -0.3 is 19.7 Å². The number of carbonyl (C=O) groups is 2. The number of hydrogen-bond acceptors (Lipinski definition) is 5. The lowest BCUT2D eigenvalue weighted by molar-refractivity contribution is -0.132. The van der Waals surface area contributed by atoms with E-state index in [2.05, 4.69) is 10.2 Å². The number of hydrogen-bond donors (Lipinski definition) is 1. The Hall–Kier alpha value is -3.06. The Kier molecular flexibility index (Phi) is 7.89. The van der Waals surface area contributed by atoms with E-state index < -0.39 is 0 Å². The normalized spacial score (nSPS) is 14.2. The van der Waals surface area contributed by atoms with Crippen molar-refractivity contribution in [3.63, 3.8) is 0 Å². The second-order valence-electron chi connectivity index (χ2n) is 7.66. The molecule has 2 aromatic rings. The molecule has 1 aliphatic rings. The SMILES string of the molecule is COc1ccc(OC)c(CN2CCN(C(=O)CCNC(=O)c3ccccc3C)CC2)c1. The molecule has 1 fully saturated rings. The average Bonchev–Trinajstić information content (AvgIpc) is 2.79. The number of ether oxygens (including phenoxy) is 2. The smallest absolute Gasteiger partial charge is 0.251 e. The molecule has 1 saturated heterocycles. The Morgan fingerprint density at radius 3 is 2.42 bits per heavy atom. The Balaban J connectivity index is 1.44. The second kappa shape index (κ2) is 10.8. The minimum atomic E-state index is -0.136. The fourth-order valence-corrected chi connectivity index (χ4v) is 3.77. The molecule has 0 bridgehead atoms. The van der Waals surface area contributed by atoms with Gasteiger partial charge in [-0.3, -0.25) is 14.5 Å². The van der Waals surface area contributed by atoms with Crippen molar-refractivity contribution in [2.75, 3.05) is 46.9 Å². The Morgan fingerprint density at radius 1 is 1.00 bits per heavy atom. The largest absolute Gasteiger partial charge is 0.497 e. The molecule has 0 aromatic heterocycles. The van der Waals surface area contributed by atoms with E-state index >= 15 is 0 Å². The van der Waals surface area contributed by atoms with Crippen molar-refractivity contribution >= 4 is 11.8 Å². The first-order chi connectivity index (χ1) is 15.0. The maximum Gasteiger partial charge on any atom is 0.251 e. The van der Waals surface area contributed by atoms with Crippen LogP contribution in [-0.2, 0) is 11.3 Å². The summed E-state index contributed by atoms with van der Waals surface area (Å²) in [6, 6.07) is 13.2. The van der Waals surface area contributed by atoms with Crippen molar-refractivity contribution in [2.24, 2.45) is 0 Å². The van der Waals surface area contributed by atoms with Gasteiger partial charge in [0.05, 0.1) is 14.2 Å². The number of amides is 2. The van der Waals surface area contributed by atoms with Gasteiger partial charge in [0.15, 0.2) is 0 Å². The van der Waals surface area contributed by atoms with Crippen LogP contribution in [0.1, 0.15) is 27.9 Å². The highest BCUT2D eigenvalue weighted by molar-refractivity contribution is 5.95. The Bertz CT molecular complexity index is 907. The first-order valence-corrected chi connectivity index (χ1v) is 10.6. The molecule has 2 aromatic carbocycles. The molecule has 166 valence electrons. The highest BCUT2D eigenvalue weighted by Gasteiger charge is 2.22. The number of benzene rings is 2. The zero-order valence-corrected chi connectivity index (χ0v) is 18.5. The summed E-state index contributed by atoms with van der Waals surface area (Å²) < 4.78 is 10.8. The zero-order valence-electron chi connectivity index (χ0n) is 18.5. The Morgan fingerprint density at radius 2 is 1.74 bits per heavy atom. The number of nitrogens with zero attached hydrogens (tertiary/aromatic N) is 2. The first kappa shape index (κ1) is 22.6. The summed E-state index contributed by atoms with van der Waals surface area (Å²) in [4.78, 5) is 29.0. The molecule has 0 atom stereocenters. The maximum atomic E-state index is 12.6. The number of nitrogens with one attached hydrogen (secondary N) is 1. The van der Waals surface area contributed by atoms with E-state index in [0.29, 0.717) is 31.6 Å². The third-order valence-corrected chi connectivity index (χ3v) is 5.62. The molecular weight excluding hydrogens is 394 g/mol. The molecule has 1 aliphatic heterocycles. The highest BCUT2D eigenvalue weighted by Crippen LogP contribution is 2.25. The average molecular weight is 426 g/mol. The van der Waals surface area contributed by atoms with Gasteiger partial charge in [-0.25, -0.2) is 0 Å². The highest BCUT2D eigenvalue weighted by atomic mass is 16.5. The summed E-state index contributed by atoms with van der Waals surface area (Å²) >= 11 is 0. The van der Waals surface area contributed by atoms with E-state index in [-0.39, 0.29) is 11.8 Å². The van der Waals surface area contributed by atoms with Crippen LogP contribution in [0.2, 0.25) is 0 Å². The number of aryl methyl sites for hydroxylation is 1. The van der Waals surface area contributed by atoms with Crippen molar-refractivity contribution in [3.8, 4) is 11.5 Å². The molecule has 2 amide bonds. The molecule has 7 heteroatoms. The zero-order chi connectivity index (χ0) is 22.2. The second-order valence-corrected chi connectivity index (χ2v) is 7.66. The molecule has 7 nitrogen and oxygen atoms in total. The predicted molar refractivity (Wildman–Crippen MR) is 120 cm³/mol. The van der Waals surface area contributed by atoms with Gasteiger partial charge in [0, 0.05) is 56.8 Å². The molecule has 0 unspecified atom stereocenters. The van der Waals surface area contributed by atoms with Gasteiger partial charge in [-0.05, 0) is 36.8 Å². The molecule has 31 heavy (non-hydrogen) atoms. The van der Waals surface area contributed by atoms with Crippen molar-refractivity contribution in [3.05, 3.63) is 59.2 Å². The molecular formula is C24H31N3O4. The number of methoxy groups -OCH3 is 2. The fourth-order valence-electron chi connectivity index (χ4n) is 3.77. The summed E-state index contributed by atoms with van der Waals surface area (Å²) in [5, 5.41) is 2.85. The predicted octanol–water partition coefficient (Wildman–Crippen LogP) is 2.48. The Labute approximate surface area is 183 Å². The van der Waals surface area contributed by atoms with Crippen molar-refractivity contribution in [2.45, 2.75) is 19.9 Å². The van der Waals surface area contributed by atoms with Gasteiger partial charge in [-0.2, -0.15) is 0 Å². The van der Waals surface area contributed by atoms with Crippen LogP contribution in [0.4, 0.5) is 0 Å². The van der Waals surface area contributed by atoms with Crippen LogP contribution < -0.4 is 14.8 Å². The molecule has 0 spiro atoms. The van der Waals surface area contributed by atoms with Gasteiger partial charge in [-0.15, -0.1) is 0 Å². The van der Waals surface area contributed by atoms with Gasteiger partial charge >= 0.3 is 0 Å². The molecule has 0 saturated carbocycles. The summed E-state index contributed by atoms with van der Waals surface area (Å²) in [5.41, 5.74) is 2.65. The first-order valence-electron chi connectivity index (χ1n) is 10.6. The van der Waals surface area contributed by atoms with Gasteiger partial charge in [0.25, 0.3) is 5.91 Å². The van der Waals surface area contributed by atoms with Gasteiger partial charge in [0.1, 0.15) is 11.5 Å². The van der Waals surface area contributed by atoms with E-state index in [0.717, 1.165) is 42.3 Å². The van der Waals surface area contributed by atoms with Crippen LogP contribution in [0, 0.1) is 6.92 Å². The minimum absolute atomic E-state index is 0.0729. The minimum Gasteiger partial charge on any atom is -0.497 e. The van der Waals surface area contributed by atoms with E-state index in [4.69, 9.17) is 9.47 Å². The summed E-state index contributed by atoms with van der Waals surface area (Å²) in [7, 11) is 3.32. The van der Waals surface area contributed by atoms with Crippen molar-refractivity contribution in [1.82, 2.24) is 15.1 Å². The molecule has 1 N–H and O–H groups in total. The topological polar surface area (TPSA) is 71.1 Å². The summed E-state index contributed by atoms with van der Waals surface area (Å²) in [6.45, 7) is 5.93. The summed E-state index contributed by atoms with van der Waals surface area (Å²) in [5.74, 6) is 1.58. The third kappa shape index (κ3) is 5.98. The lowest BCUT2D eigenvalue weighted by Crippen LogP contribution is -2.48. The van der Waals surface area contributed by atoms with Crippen LogP contribution in [0.15, 0.2) is 42.5 Å². The van der Waals surface area contributed by atoms with Crippen molar-refractivity contribution < 1.29 is 19.1 Å². The monoisotopic (exact) mass is 425 g/mol. The van der Waals surface area contributed by atoms with Crippen LogP contribution in [0.5, 0.6) is 11.5 Å². The summed E-state index contributed by atoms with van der Waals surface area (Å²) in [6.07, 6.45) is 0.307. The van der Waals surface area contributed by atoms with Gasteiger partial charge in [0.2, 0.25) is 5.91 Å². The van der Waals surface area contributed by atoms with E-state index in [1.165, 1.54) is 0 Å². The van der Waals surface area contributed by atoms with E-state index in [1.54, 1.807) is 20.3 Å². The number of piperazine rings is 1. The maximum absolute atomic E-state index is 12.6. The lowest BCUT2D eigenvalue weighted by Gasteiger charge is -2.35. The molecule has 3 rings (SSSR count). The van der Waals surface area contributed by atoms with Crippen LogP contribution in [0.3, 0.4) is 0 Å². The van der Waals surface area contributed by atoms with Crippen molar-refractivity contribution in [1.29, 1.82) is 0 Å². The molecule has 1 heterocycles. The lowest BCUT2D eigenvalue weighted by atomic mass is 10.1. The van der Waals surface area contributed by atoms with Crippen LogP contribution in [-0.4, -0.2) is 68.6 Å². The third-order valence-electron chi connectivity index (χ3n) is 5.62. The van der Waals surface area contributed by atoms with E-state index in [1.807, 2.05) is 48.2 Å². The number of carbonyl (C=O) groups excluding carboxylic acids is 2. The standard InChI is InChI=1S/C24H31N3O4/c1-18-6-4-5-7-21(18)24(29)25-11-10-23(28)27-14-12-26(13-15-27)17-19-16-20(30-2)8-9-22(19)31-3/h4-9,16H,10-15,17H2,1-3H3,(H,25,29). The quantitative estimate of drug-likeness (QED) is 0.704. The molecule has 0 aliphatic carbocycles. The van der Waals surface area contributed by atoms with Crippen LogP contribution in [0.25, 0.3) is 0 Å². The molecule has 0 radical (unpaired) electrons. The number of rotatable bonds is 8. The van der Waals surface area contributed by atoms with Crippen LogP contribution >= 0.6 is 0 Å². The fraction of sp³-hybridized carbons (Fsp3) is 0.417. The van der Waals surface area contributed by atoms with Gasteiger partial charge in [-0.1, -0.05) is 18.2 Å². The van der Waals surface area contributed by atoms with E-state index in [9.17, 15) is 9.59 Å².